The van der Waals surface area contributed by atoms with E-state index in [4.69, 9.17) is 73.5 Å². The molecule has 0 aromatic carbocycles. The normalized spacial score (nSPS) is 10.2. The molecule has 0 amide bonds. The van der Waals surface area contributed by atoms with Gasteiger partial charge in [-0.3, -0.25) is 15.7 Å². The number of rotatable bonds is 6. The SMILES string of the molecule is CCCCCN=C(N)NC(=N)N.O=C(O)C(Cl)Cl.O=C(O)C(Cl)Cl. The van der Waals surface area contributed by atoms with E-state index >= 15 is 0 Å². The molecule has 9 nitrogen and oxygen atoms in total. The van der Waals surface area contributed by atoms with Crippen LogP contribution in [0.3, 0.4) is 0 Å². The topological polar surface area (TPSA) is 175 Å². The van der Waals surface area contributed by atoms with E-state index in [1.54, 1.807) is 0 Å². The number of hydrogen-bond acceptors (Lipinski definition) is 4. The van der Waals surface area contributed by atoms with Crippen molar-refractivity contribution >= 4 is 70.3 Å². The summed E-state index contributed by atoms with van der Waals surface area (Å²) in [6, 6.07) is 0. The van der Waals surface area contributed by atoms with E-state index in [9.17, 15) is 9.59 Å². The van der Waals surface area contributed by atoms with Gasteiger partial charge in [-0.2, -0.15) is 0 Å². The fraction of sp³-hybridized carbons (Fsp3) is 0.636. The van der Waals surface area contributed by atoms with Crippen LogP contribution in [-0.4, -0.2) is 50.3 Å². The maximum atomic E-state index is 9.44. The lowest BCUT2D eigenvalue weighted by atomic mass is 10.2. The van der Waals surface area contributed by atoms with Crippen LogP contribution in [0.4, 0.5) is 0 Å². The average Bonchev–Trinajstić information content (AvgIpc) is 2.44. The number of alkyl halides is 4. The Kier molecular flexibility index (Phi) is 21.0. The maximum absolute atomic E-state index is 9.44. The molecule has 0 saturated carbocycles. The largest absolute Gasteiger partial charge is 0.479 e. The smallest absolute Gasteiger partial charge is 0.337 e. The molecule has 0 aromatic rings. The number of halogens is 4. The Morgan fingerprint density at radius 1 is 1.08 bits per heavy atom. The lowest BCUT2D eigenvalue weighted by Crippen LogP contribution is -2.40. The van der Waals surface area contributed by atoms with Crippen LogP contribution in [0, 0.1) is 5.41 Å². The number of nitrogens with one attached hydrogen (secondary N) is 2. The van der Waals surface area contributed by atoms with Gasteiger partial charge in [0.15, 0.2) is 11.9 Å². The first kappa shape index (κ1) is 27.7. The van der Waals surface area contributed by atoms with Crippen molar-refractivity contribution in [3.8, 4) is 0 Å². The van der Waals surface area contributed by atoms with E-state index in [0.717, 1.165) is 19.3 Å². The minimum Gasteiger partial charge on any atom is -0.479 e. The van der Waals surface area contributed by atoms with Gasteiger partial charge >= 0.3 is 11.9 Å². The van der Waals surface area contributed by atoms with Crippen molar-refractivity contribution in [3.63, 3.8) is 0 Å². The number of carbonyl (C=O) groups is 2. The summed E-state index contributed by atoms with van der Waals surface area (Å²) >= 11 is 19.1. The van der Waals surface area contributed by atoms with E-state index in [2.05, 4.69) is 17.2 Å². The van der Waals surface area contributed by atoms with Gasteiger partial charge in [-0.05, 0) is 6.42 Å². The van der Waals surface area contributed by atoms with Gasteiger partial charge in [0, 0.05) is 6.54 Å². The molecule has 142 valence electrons. The zero-order valence-corrected chi connectivity index (χ0v) is 15.8. The number of carboxylic acid groups (broad SMARTS) is 2. The van der Waals surface area contributed by atoms with Crippen LogP contribution in [0.5, 0.6) is 0 Å². The predicted molar refractivity (Wildman–Crippen MR) is 97.3 cm³/mol. The number of unbranched alkanes of at least 4 members (excludes halogenated alkanes) is 2. The Labute approximate surface area is 159 Å². The standard InChI is InChI=1S/C7H17N5.2C2H2Cl2O2/c1-2-3-4-5-11-7(10)12-6(8)9;2*3-1(4)2(5)6/h2-5H2,1H3,(H6,8,9,10,11,12);2*1H,(H,5,6). The highest BCUT2D eigenvalue weighted by molar-refractivity contribution is 6.53. The molecule has 24 heavy (non-hydrogen) atoms. The summed E-state index contributed by atoms with van der Waals surface area (Å²) in [6.45, 7) is 2.82. The highest BCUT2D eigenvalue weighted by Crippen LogP contribution is 1.99. The Morgan fingerprint density at radius 3 is 1.71 bits per heavy atom. The molecule has 0 heterocycles. The Bertz CT molecular complexity index is 390. The number of nitrogens with two attached hydrogens (primary N) is 2. The third-order valence-electron chi connectivity index (χ3n) is 1.68. The highest BCUT2D eigenvalue weighted by Gasteiger charge is 2.06. The number of nitrogens with zero attached hydrogens (tertiary/aromatic N) is 1. The first-order valence-corrected chi connectivity index (χ1v) is 8.13. The summed E-state index contributed by atoms with van der Waals surface area (Å²) in [6.07, 6.45) is 3.34. The highest BCUT2D eigenvalue weighted by atomic mass is 35.5. The van der Waals surface area contributed by atoms with Gasteiger partial charge in [0.25, 0.3) is 0 Å². The molecule has 0 aliphatic heterocycles. The summed E-state index contributed by atoms with van der Waals surface area (Å²) in [5.74, 6) is -2.37. The fourth-order valence-corrected chi connectivity index (χ4v) is 0.739. The number of aliphatic imine (C=N–C) groups is 1. The summed E-state index contributed by atoms with van der Waals surface area (Å²) in [5.41, 5.74) is 10.4. The molecule has 0 rings (SSSR count). The van der Waals surface area contributed by atoms with Crippen molar-refractivity contribution in [1.29, 1.82) is 5.41 Å². The molecule has 0 saturated heterocycles. The minimum atomic E-state index is -1.29. The Balaban J connectivity index is -0.000000309. The molecule has 0 unspecified atom stereocenters. The fourth-order valence-electron chi connectivity index (χ4n) is 0.739. The number of guanidine groups is 2. The van der Waals surface area contributed by atoms with Gasteiger partial charge in [0.2, 0.25) is 9.67 Å². The van der Waals surface area contributed by atoms with Crippen molar-refractivity contribution in [1.82, 2.24) is 5.32 Å². The molecular weight excluding hydrogens is 408 g/mol. The summed E-state index contributed by atoms with van der Waals surface area (Å²) in [7, 11) is 0. The van der Waals surface area contributed by atoms with Gasteiger partial charge in [-0.25, -0.2) is 9.59 Å². The lowest BCUT2D eigenvalue weighted by molar-refractivity contribution is -0.136. The summed E-state index contributed by atoms with van der Waals surface area (Å²) < 4.78 is 0. The molecule has 0 aliphatic carbocycles. The van der Waals surface area contributed by atoms with Gasteiger partial charge < -0.3 is 21.7 Å². The second-order valence-electron chi connectivity index (χ2n) is 3.79. The first-order valence-electron chi connectivity index (χ1n) is 6.38. The second kappa shape index (κ2) is 18.2. The van der Waals surface area contributed by atoms with E-state index < -0.39 is 21.6 Å². The van der Waals surface area contributed by atoms with Crippen LogP contribution < -0.4 is 16.8 Å². The molecule has 0 radical (unpaired) electrons. The maximum Gasteiger partial charge on any atom is 0.337 e. The predicted octanol–water partition coefficient (Wildman–Crippen LogP) is 1.72. The van der Waals surface area contributed by atoms with Gasteiger partial charge in [-0.1, -0.05) is 66.2 Å². The quantitative estimate of drug-likeness (QED) is 0.161. The van der Waals surface area contributed by atoms with Crippen molar-refractivity contribution in [2.24, 2.45) is 16.5 Å². The molecule has 0 spiro atoms. The van der Waals surface area contributed by atoms with Gasteiger partial charge in [-0.15, -0.1) is 0 Å². The van der Waals surface area contributed by atoms with E-state index in [-0.39, 0.29) is 11.9 Å². The van der Waals surface area contributed by atoms with Crippen molar-refractivity contribution in [2.75, 3.05) is 6.54 Å². The van der Waals surface area contributed by atoms with Crippen LogP contribution in [0.25, 0.3) is 0 Å². The van der Waals surface area contributed by atoms with Crippen LogP contribution in [0.2, 0.25) is 0 Å². The lowest BCUT2D eigenvalue weighted by Gasteiger charge is -2.01. The number of hydrogen-bond donors (Lipinski definition) is 6. The third-order valence-corrected chi connectivity index (χ3v) is 2.43. The van der Waals surface area contributed by atoms with Crippen molar-refractivity contribution < 1.29 is 19.8 Å². The number of carboxylic acids is 2. The molecule has 0 atom stereocenters. The molecular formula is C11H21Cl4N5O4. The van der Waals surface area contributed by atoms with Crippen LogP contribution in [-0.2, 0) is 9.59 Å². The van der Waals surface area contributed by atoms with E-state index in [1.807, 2.05) is 0 Å². The van der Waals surface area contributed by atoms with Crippen molar-refractivity contribution in [3.05, 3.63) is 0 Å². The van der Waals surface area contributed by atoms with E-state index in [1.165, 1.54) is 0 Å². The van der Waals surface area contributed by atoms with Crippen LogP contribution in [0.15, 0.2) is 4.99 Å². The third kappa shape index (κ3) is 28.9. The molecule has 13 heteroatoms. The van der Waals surface area contributed by atoms with Crippen LogP contribution >= 0.6 is 46.4 Å². The first-order chi connectivity index (χ1) is 10.9. The summed E-state index contributed by atoms with van der Waals surface area (Å²) in [5, 5.41) is 24.7. The number of aliphatic carboxylic acids is 2. The molecule has 0 aromatic heterocycles. The summed E-state index contributed by atoms with van der Waals surface area (Å²) in [4.78, 5) is 20.3. The zero-order valence-electron chi connectivity index (χ0n) is 12.8. The molecule has 0 bridgehead atoms. The van der Waals surface area contributed by atoms with Gasteiger partial charge in [0.1, 0.15) is 0 Å². The zero-order chi connectivity index (χ0) is 19.7. The Hall–Kier alpha value is -1.16. The molecule has 0 fully saturated rings. The molecule has 8 N–H and O–H groups in total. The van der Waals surface area contributed by atoms with Crippen molar-refractivity contribution in [2.45, 2.75) is 35.9 Å². The molecule has 0 aliphatic rings. The van der Waals surface area contributed by atoms with Gasteiger partial charge in [0.05, 0.1) is 0 Å². The monoisotopic (exact) mass is 427 g/mol. The van der Waals surface area contributed by atoms with Crippen LogP contribution in [0.1, 0.15) is 26.2 Å². The average molecular weight is 429 g/mol. The Morgan fingerprint density at radius 2 is 1.46 bits per heavy atom. The minimum absolute atomic E-state index is 0.174. The second-order valence-corrected chi connectivity index (χ2v) is 5.98. The van der Waals surface area contributed by atoms with E-state index in [0.29, 0.717) is 6.54 Å².